The zero-order valence-corrected chi connectivity index (χ0v) is 14.8. The Balaban J connectivity index is 1.40. The van der Waals surface area contributed by atoms with Crippen molar-refractivity contribution in [3.8, 4) is 5.82 Å². The van der Waals surface area contributed by atoms with Gasteiger partial charge in [-0.2, -0.15) is 0 Å². The molecular formula is C18H17F2N7O. The first kappa shape index (κ1) is 17.8. The molecule has 0 atom stereocenters. The van der Waals surface area contributed by atoms with Crippen LogP contribution in [0.2, 0.25) is 0 Å². The molecule has 4 rings (SSSR count). The number of carbonyl (C=O) groups is 1. The third-order valence-corrected chi connectivity index (χ3v) is 4.49. The Morgan fingerprint density at radius 3 is 2.43 bits per heavy atom. The maximum absolute atomic E-state index is 13.7. The molecular weight excluding hydrogens is 368 g/mol. The monoisotopic (exact) mass is 385 g/mol. The van der Waals surface area contributed by atoms with E-state index in [1.165, 1.54) is 17.3 Å². The molecule has 10 heteroatoms. The van der Waals surface area contributed by atoms with Crippen LogP contribution in [0.5, 0.6) is 0 Å². The summed E-state index contributed by atoms with van der Waals surface area (Å²) in [5.74, 6) is -0.184. The molecule has 2 amide bonds. The molecule has 2 aromatic heterocycles. The van der Waals surface area contributed by atoms with Crippen LogP contribution >= 0.6 is 0 Å². The number of amides is 2. The summed E-state index contributed by atoms with van der Waals surface area (Å²) in [6.07, 6.45) is 6.58. The quantitative estimate of drug-likeness (QED) is 0.748. The molecule has 1 N–H and O–H groups in total. The van der Waals surface area contributed by atoms with Crippen LogP contribution in [0.15, 0.2) is 49.3 Å². The van der Waals surface area contributed by atoms with E-state index in [2.05, 4.69) is 20.3 Å². The van der Waals surface area contributed by atoms with E-state index in [4.69, 9.17) is 0 Å². The number of rotatable bonds is 3. The molecule has 0 saturated carbocycles. The fourth-order valence-electron chi connectivity index (χ4n) is 2.99. The van der Waals surface area contributed by atoms with Gasteiger partial charge in [0.2, 0.25) is 0 Å². The Hall–Kier alpha value is -3.56. The van der Waals surface area contributed by atoms with E-state index >= 15 is 0 Å². The highest BCUT2D eigenvalue weighted by atomic mass is 19.1. The number of para-hydroxylation sites is 1. The zero-order chi connectivity index (χ0) is 19.5. The van der Waals surface area contributed by atoms with E-state index in [9.17, 15) is 13.6 Å². The van der Waals surface area contributed by atoms with E-state index in [1.54, 1.807) is 23.3 Å². The SMILES string of the molecule is O=C(Nc1c(F)cccc1F)N1CCN(c2cc(-n3ccnc3)ncn2)CC1. The van der Waals surface area contributed by atoms with E-state index in [-0.39, 0.29) is 0 Å². The molecule has 0 bridgehead atoms. The molecule has 28 heavy (non-hydrogen) atoms. The van der Waals surface area contributed by atoms with Crippen LogP contribution in [-0.2, 0) is 0 Å². The van der Waals surface area contributed by atoms with E-state index in [0.29, 0.717) is 32.0 Å². The van der Waals surface area contributed by atoms with Gasteiger partial charge in [-0.3, -0.25) is 4.57 Å². The van der Waals surface area contributed by atoms with Gasteiger partial charge in [0.1, 0.15) is 41.6 Å². The summed E-state index contributed by atoms with van der Waals surface area (Å²) in [7, 11) is 0. The number of carbonyl (C=O) groups excluding carboxylic acids is 1. The third-order valence-electron chi connectivity index (χ3n) is 4.49. The maximum atomic E-state index is 13.7. The van der Waals surface area contributed by atoms with Gasteiger partial charge < -0.3 is 15.1 Å². The highest BCUT2D eigenvalue weighted by Gasteiger charge is 2.23. The molecule has 3 aromatic rings. The molecule has 0 spiro atoms. The maximum Gasteiger partial charge on any atom is 0.322 e. The smallest absolute Gasteiger partial charge is 0.322 e. The molecule has 1 fully saturated rings. The molecule has 1 aromatic carbocycles. The van der Waals surface area contributed by atoms with Crippen LogP contribution in [0.1, 0.15) is 0 Å². The number of nitrogens with one attached hydrogen (secondary N) is 1. The fourth-order valence-corrected chi connectivity index (χ4v) is 2.99. The van der Waals surface area contributed by atoms with Gasteiger partial charge >= 0.3 is 6.03 Å². The van der Waals surface area contributed by atoms with Crippen molar-refractivity contribution in [1.29, 1.82) is 0 Å². The Bertz CT molecular complexity index is 952. The number of hydrogen-bond acceptors (Lipinski definition) is 5. The number of aromatic nitrogens is 4. The van der Waals surface area contributed by atoms with E-state index < -0.39 is 23.4 Å². The van der Waals surface area contributed by atoms with Gasteiger partial charge in [-0.25, -0.2) is 28.5 Å². The van der Waals surface area contributed by atoms with E-state index in [1.807, 2.05) is 11.0 Å². The van der Waals surface area contributed by atoms with Crippen LogP contribution in [0.3, 0.4) is 0 Å². The van der Waals surface area contributed by atoms with Crippen LogP contribution in [0.4, 0.5) is 25.1 Å². The minimum atomic E-state index is -0.806. The number of piperazine rings is 1. The van der Waals surface area contributed by atoms with Gasteiger partial charge in [0.25, 0.3) is 0 Å². The number of imidazole rings is 1. The molecule has 3 heterocycles. The number of nitrogens with zero attached hydrogens (tertiary/aromatic N) is 6. The van der Waals surface area contributed by atoms with Crippen molar-refractivity contribution in [3.05, 3.63) is 60.9 Å². The summed E-state index contributed by atoms with van der Waals surface area (Å²) >= 11 is 0. The van der Waals surface area contributed by atoms with Gasteiger partial charge in [0, 0.05) is 44.6 Å². The highest BCUT2D eigenvalue weighted by Crippen LogP contribution is 2.20. The number of urea groups is 1. The Morgan fingerprint density at radius 1 is 1.04 bits per heavy atom. The van der Waals surface area contributed by atoms with Crippen molar-refractivity contribution in [2.45, 2.75) is 0 Å². The van der Waals surface area contributed by atoms with Crippen molar-refractivity contribution in [3.63, 3.8) is 0 Å². The number of anilines is 2. The summed E-state index contributed by atoms with van der Waals surface area (Å²) in [5.41, 5.74) is -0.435. The summed E-state index contributed by atoms with van der Waals surface area (Å²) in [6.45, 7) is 1.86. The molecule has 144 valence electrons. The molecule has 0 aliphatic carbocycles. The summed E-state index contributed by atoms with van der Waals surface area (Å²) in [4.78, 5) is 28.4. The van der Waals surface area contributed by atoms with Crippen molar-refractivity contribution >= 4 is 17.5 Å². The van der Waals surface area contributed by atoms with Crippen molar-refractivity contribution in [2.75, 3.05) is 36.4 Å². The normalized spacial score (nSPS) is 14.2. The molecule has 0 radical (unpaired) electrons. The molecule has 8 nitrogen and oxygen atoms in total. The second-order valence-corrected chi connectivity index (χ2v) is 6.21. The number of hydrogen-bond donors (Lipinski definition) is 1. The number of benzene rings is 1. The molecule has 0 unspecified atom stereocenters. The highest BCUT2D eigenvalue weighted by molar-refractivity contribution is 5.89. The Labute approximate surface area is 159 Å². The first-order valence-corrected chi connectivity index (χ1v) is 8.67. The van der Waals surface area contributed by atoms with Crippen LogP contribution in [-0.4, -0.2) is 56.6 Å². The predicted octanol–water partition coefficient (Wildman–Crippen LogP) is 2.29. The molecule has 1 aliphatic rings. The lowest BCUT2D eigenvalue weighted by Crippen LogP contribution is -2.50. The number of halogens is 2. The molecule has 1 aliphatic heterocycles. The zero-order valence-electron chi connectivity index (χ0n) is 14.8. The lowest BCUT2D eigenvalue weighted by Gasteiger charge is -2.35. The fraction of sp³-hybridized carbons (Fsp3) is 0.222. The minimum Gasteiger partial charge on any atom is -0.353 e. The van der Waals surface area contributed by atoms with Crippen LogP contribution in [0, 0.1) is 11.6 Å². The van der Waals surface area contributed by atoms with Gasteiger partial charge in [0.05, 0.1) is 0 Å². The third kappa shape index (κ3) is 3.61. The standard InChI is InChI=1S/C18H17F2N7O/c19-13-2-1-3-14(20)17(13)24-18(28)26-8-6-25(7-9-26)15-10-16(23-11-22-15)27-5-4-21-12-27/h1-5,10-12H,6-9H2,(H,24,28). The Kier molecular flexibility index (Phi) is 4.83. The average Bonchev–Trinajstić information content (AvgIpc) is 3.26. The van der Waals surface area contributed by atoms with Gasteiger partial charge in [-0.15, -0.1) is 0 Å². The first-order valence-electron chi connectivity index (χ1n) is 8.67. The van der Waals surface area contributed by atoms with Crippen molar-refractivity contribution in [2.24, 2.45) is 0 Å². The predicted molar refractivity (Wildman–Crippen MR) is 98.3 cm³/mol. The lowest BCUT2D eigenvalue weighted by atomic mass is 10.3. The summed E-state index contributed by atoms with van der Waals surface area (Å²) < 4.78 is 29.2. The van der Waals surface area contributed by atoms with Gasteiger partial charge in [0.15, 0.2) is 0 Å². The van der Waals surface area contributed by atoms with Crippen molar-refractivity contribution < 1.29 is 13.6 Å². The largest absolute Gasteiger partial charge is 0.353 e. The van der Waals surface area contributed by atoms with Gasteiger partial charge in [-0.1, -0.05) is 6.07 Å². The second-order valence-electron chi connectivity index (χ2n) is 6.21. The van der Waals surface area contributed by atoms with Gasteiger partial charge in [-0.05, 0) is 12.1 Å². The first-order chi connectivity index (χ1) is 13.6. The van der Waals surface area contributed by atoms with E-state index in [0.717, 1.165) is 18.0 Å². The molecule has 1 saturated heterocycles. The lowest BCUT2D eigenvalue weighted by molar-refractivity contribution is 0.208. The van der Waals surface area contributed by atoms with Crippen LogP contribution < -0.4 is 10.2 Å². The Morgan fingerprint density at radius 2 is 1.75 bits per heavy atom. The minimum absolute atomic E-state index is 0.395. The van der Waals surface area contributed by atoms with Crippen molar-refractivity contribution in [1.82, 2.24) is 24.4 Å². The van der Waals surface area contributed by atoms with Crippen LogP contribution in [0.25, 0.3) is 5.82 Å². The topological polar surface area (TPSA) is 79.2 Å². The summed E-state index contributed by atoms with van der Waals surface area (Å²) in [5, 5.41) is 2.31. The second kappa shape index (κ2) is 7.59. The summed E-state index contributed by atoms with van der Waals surface area (Å²) in [6, 6.07) is 4.75. The average molecular weight is 385 g/mol.